The first-order chi connectivity index (χ1) is 15.1. The highest BCUT2D eigenvalue weighted by molar-refractivity contribution is 6.00. The van der Waals surface area contributed by atoms with Crippen molar-refractivity contribution in [2.45, 2.75) is 0 Å². The van der Waals surface area contributed by atoms with E-state index in [-0.39, 0.29) is 11.4 Å². The van der Waals surface area contributed by atoms with E-state index in [1.807, 2.05) is 36.4 Å². The standard InChI is InChI=1S/C23H20N4O4/c1-30-20-10-8-15-5-3-4-6-16(15)22(20)17-12-18(26-25-17)23(29)27-24-13-14-7-9-19(28)21(11-14)31-2/h3-13,28H,1-2H3,(H,25,26)(H,27,29)/b24-13-. The maximum Gasteiger partial charge on any atom is 0.289 e. The summed E-state index contributed by atoms with van der Waals surface area (Å²) in [6, 6.07) is 18.1. The number of nitrogens with zero attached hydrogens (tertiary/aromatic N) is 2. The lowest BCUT2D eigenvalue weighted by Gasteiger charge is -2.09. The Balaban J connectivity index is 1.56. The van der Waals surface area contributed by atoms with Gasteiger partial charge in [-0.2, -0.15) is 10.2 Å². The Morgan fingerprint density at radius 1 is 1.06 bits per heavy atom. The molecule has 4 aromatic rings. The summed E-state index contributed by atoms with van der Waals surface area (Å²) in [6.45, 7) is 0. The van der Waals surface area contributed by atoms with E-state index in [9.17, 15) is 9.90 Å². The van der Waals surface area contributed by atoms with E-state index in [1.165, 1.54) is 19.4 Å². The van der Waals surface area contributed by atoms with Crippen LogP contribution in [0.3, 0.4) is 0 Å². The molecule has 1 heterocycles. The van der Waals surface area contributed by atoms with Crippen molar-refractivity contribution < 1.29 is 19.4 Å². The number of fused-ring (bicyclic) bond motifs is 1. The fraction of sp³-hybridized carbons (Fsp3) is 0.0870. The zero-order valence-corrected chi connectivity index (χ0v) is 16.9. The molecule has 0 atom stereocenters. The van der Waals surface area contributed by atoms with Crippen molar-refractivity contribution in [1.82, 2.24) is 15.6 Å². The van der Waals surface area contributed by atoms with Crippen LogP contribution in [0, 0.1) is 0 Å². The third kappa shape index (κ3) is 4.04. The van der Waals surface area contributed by atoms with Crippen molar-refractivity contribution in [2.75, 3.05) is 14.2 Å². The lowest BCUT2D eigenvalue weighted by Crippen LogP contribution is -2.18. The molecule has 31 heavy (non-hydrogen) atoms. The summed E-state index contributed by atoms with van der Waals surface area (Å²) in [5.41, 5.74) is 4.75. The molecule has 0 unspecified atom stereocenters. The number of hydrazone groups is 1. The minimum absolute atomic E-state index is 0.0255. The van der Waals surface area contributed by atoms with Crippen LogP contribution in [0.5, 0.6) is 17.2 Å². The number of H-pyrrole nitrogens is 1. The van der Waals surface area contributed by atoms with Gasteiger partial charge in [-0.15, -0.1) is 0 Å². The predicted octanol–water partition coefficient (Wildman–Crippen LogP) is 3.72. The molecule has 0 saturated carbocycles. The Morgan fingerprint density at radius 3 is 2.68 bits per heavy atom. The second kappa shape index (κ2) is 8.58. The van der Waals surface area contributed by atoms with Crippen LogP contribution >= 0.6 is 0 Å². The number of hydrogen-bond acceptors (Lipinski definition) is 6. The van der Waals surface area contributed by atoms with Crippen LogP contribution in [0.4, 0.5) is 0 Å². The van der Waals surface area contributed by atoms with Crippen LogP contribution in [-0.2, 0) is 0 Å². The Morgan fingerprint density at radius 2 is 1.87 bits per heavy atom. The first kappa shape index (κ1) is 20.0. The Labute approximate surface area is 178 Å². The third-order valence-corrected chi connectivity index (χ3v) is 4.77. The Kier molecular flexibility index (Phi) is 5.53. The lowest BCUT2D eigenvalue weighted by molar-refractivity contribution is 0.0950. The van der Waals surface area contributed by atoms with Gasteiger partial charge in [-0.1, -0.05) is 30.3 Å². The van der Waals surface area contributed by atoms with Gasteiger partial charge in [0.05, 0.1) is 31.7 Å². The second-order valence-electron chi connectivity index (χ2n) is 6.66. The third-order valence-electron chi connectivity index (χ3n) is 4.77. The first-order valence-electron chi connectivity index (χ1n) is 9.42. The second-order valence-corrected chi connectivity index (χ2v) is 6.66. The number of hydrogen-bond donors (Lipinski definition) is 3. The molecular formula is C23H20N4O4. The average Bonchev–Trinajstić information content (AvgIpc) is 3.29. The monoisotopic (exact) mass is 416 g/mol. The highest BCUT2D eigenvalue weighted by Gasteiger charge is 2.16. The first-order valence-corrected chi connectivity index (χ1v) is 9.42. The molecule has 1 amide bonds. The maximum atomic E-state index is 12.5. The van der Waals surface area contributed by atoms with Crippen LogP contribution < -0.4 is 14.9 Å². The minimum Gasteiger partial charge on any atom is -0.504 e. The normalized spacial score (nSPS) is 11.0. The summed E-state index contributed by atoms with van der Waals surface area (Å²) in [7, 11) is 3.05. The zero-order valence-electron chi connectivity index (χ0n) is 16.9. The molecule has 8 heteroatoms. The number of carbonyl (C=O) groups is 1. The highest BCUT2D eigenvalue weighted by atomic mass is 16.5. The topological polar surface area (TPSA) is 109 Å². The van der Waals surface area contributed by atoms with Gasteiger partial charge in [0, 0.05) is 0 Å². The van der Waals surface area contributed by atoms with Crippen LogP contribution in [0.15, 0.2) is 65.8 Å². The zero-order chi connectivity index (χ0) is 21.8. The number of aromatic amines is 1. The summed E-state index contributed by atoms with van der Waals surface area (Å²) in [6.07, 6.45) is 1.45. The number of phenolic OH excluding ortho intramolecular Hbond substituents is 1. The summed E-state index contributed by atoms with van der Waals surface area (Å²) in [4.78, 5) is 12.5. The molecule has 8 nitrogen and oxygen atoms in total. The van der Waals surface area contributed by atoms with Crippen LogP contribution in [-0.4, -0.2) is 41.6 Å². The molecule has 3 N–H and O–H groups in total. The summed E-state index contributed by atoms with van der Waals surface area (Å²) in [5, 5.41) is 22.7. The molecule has 0 radical (unpaired) electrons. The molecular weight excluding hydrogens is 396 g/mol. The van der Waals surface area contributed by atoms with Gasteiger partial charge in [0.15, 0.2) is 11.5 Å². The van der Waals surface area contributed by atoms with Gasteiger partial charge in [0.1, 0.15) is 11.4 Å². The number of rotatable bonds is 6. The van der Waals surface area contributed by atoms with Crippen molar-refractivity contribution in [3.63, 3.8) is 0 Å². The number of benzene rings is 3. The maximum absolute atomic E-state index is 12.5. The number of aromatic nitrogens is 2. The van der Waals surface area contributed by atoms with Crippen LogP contribution in [0.1, 0.15) is 16.1 Å². The molecule has 0 bridgehead atoms. The Hall–Kier alpha value is -4.33. The summed E-state index contributed by atoms with van der Waals surface area (Å²) in [5.74, 6) is 0.562. The largest absolute Gasteiger partial charge is 0.504 e. The minimum atomic E-state index is -0.444. The number of amides is 1. The van der Waals surface area contributed by atoms with Crippen molar-refractivity contribution in [3.05, 3.63) is 71.9 Å². The number of phenols is 1. The molecule has 3 aromatic carbocycles. The van der Waals surface area contributed by atoms with E-state index in [1.54, 1.807) is 25.3 Å². The van der Waals surface area contributed by atoms with E-state index >= 15 is 0 Å². The van der Waals surface area contributed by atoms with Crippen molar-refractivity contribution >= 4 is 22.9 Å². The van der Waals surface area contributed by atoms with Crippen molar-refractivity contribution in [3.8, 4) is 28.5 Å². The SMILES string of the molecule is COc1cc(/C=N\NC(=O)c2cc(-c3c(OC)ccc4ccccc34)n[nH]2)ccc1O. The number of aromatic hydroxyl groups is 1. The van der Waals surface area contributed by atoms with Crippen LogP contribution in [0.2, 0.25) is 0 Å². The fourth-order valence-electron chi connectivity index (χ4n) is 3.25. The smallest absolute Gasteiger partial charge is 0.289 e. The lowest BCUT2D eigenvalue weighted by atomic mass is 10.0. The highest BCUT2D eigenvalue weighted by Crippen LogP contribution is 2.36. The molecule has 4 rings (SSSR count). The number of methoxy groups -OCH3 is 2. The van der Waals surface area contributed by atoms with Crippen molar-refractivity contribution in [1.29, 1.82) is 0 Å². The van der Waals surface area contributed by atoms with Gasteiger partial charge < -0.3 is 14.6 Å². The summed E-state index contributed by atoms with van der Waals surface area (Å²) >= 11 is 0. The Bertz CT molecular complexity index is 1280. The van der Waals surface area contributed by atoms with Gasteiger partial charge in [0.25, 0.3) is 5.91 Å². The quantitative estimate of drug-likeness (QED) is 0.328. The molecule has 0 fully saturated rings. The number of nitrogens with one attached hydrogen (secondary N) is 2. The molecule has 0 saturated heterocycles. The molecule has 0 aliphatic heterocycles. The van der Waals surface area contributed by atoms with Crippen molar-refractivity contribution in [2.24, 2.45) is 5.10 Å². The molecule has 0 spiro atoms. The predicted molar refractivity (Wildman–Crippen MR) is 118 cm³/mol. The molecule has 1 aromatic heterocycles. The van der Waals surface area contributed by atoms with Gasteiger partial charge in [-0.3, -0.25) is 9.89 Å². The molecule has 0 aliphatic rings. The van der Waals surface area contributed by atoms with Gasteiger partial charge in [0.2, 0.25) is 0 Å². The fourth-order valence-corrected chi connectivity index (χ4v) is 3.25. The van der Waals surface area contributed by atoms with Gasteiger partial charge in [-0.05, 0) is 46.7 Å². The number of ether oxygens (including phenoxy) is 2. The number of carbonyl (C=O) groups excluding carboxylic acids is 1. The van der Waals surface area contributed by atoms with E-state index in [0.29, 0.717) is 22.8 Å². The summed E-state index contributed by atoms with van der Waals surface area (Å²) < 4.78 is 10.6. The van der Waals surface area contributed by atoms with Gasteiger partial charge >= 0.3 is 0 Å². The van der Waals surface area contributed by atoms with E-state index in [4.69, 9.17) is 9.47 Å². The van der Waals surface area contributed by atoms with E-state index in [2.05, 4.69) is 20.7 Å². The van der Waals surface area contributed by atoms with Crippen LogP contribution in [0.25, 0.3) is 22.0 Å². The molecule has 0 aliphatic carbocycles. The van der Waals surface area contributed by atoms with E-state index in [0.717, 1.165) is 16.3 Å². The van der Waals surface area contributed by atoms with E-state index < -0.39 is 5.91 Å². The average molecular weight is 416 g/mol. The van der Waals surface area contributed by atoms with Gasteiger partial charge in [-0.25, -0.2) is 5.43 Å². The molecule has 156 valence electrons.